The Hall–Kier alpha value is -4.57. The fourth-order valence-electron chi connectivity index (χ4n) is 4.49. The number of hydrogen-bond acceptors (Lipinski definition) is 4. The normalized spacial score (nSPS) is 12.9. The summed E-state index contributed by atoms with van der Waals surface area (Å²) in [6, 6.07) is 36.6. The van der Waals surface area contributed by atoms with E-state index in [1.165, 1.54) is 56.9 Å². The van der Waals surface area contributed by atoms with E-state index in [0.717, 1.165) is 11.4 Å². The molecule has 0 radical (unpaired) electrons. The lowest BCUT2D eigenvalue weighted by molar-refractivity contribution is 0.537. The molecule has 180 valence electrons. The molecule has 0 N–H and O–H groups in total. The maximum Gasteiger partial charge on any atom is 0.0991 e. The Balaban J connectivity index is 0.000000139. The lowest BCUT2D eigenvalue weighted by atomic mass is 10.1. The zero-order valence-corrected chi connectivity index (χ0v) is 20.9. The van der Waals surface area contributed by atoms with Gasteiger partial charge in [-0.15, -0.1) is 0 Å². The number of hydrogen-bond donors (Lipinski definition) is 0. The quantitative estimate of drug-likeness (QED) is 0.312. The molecule has 6 heteroatoms. The lowest BCUT2D eigenvalue weighted by Crippen LogP contribution is -2.27. The SMILES string of the molecule is Cn1c2c(c3ccccc31)=CC1=Nc3ccccc3C=21.N#Cc1ccc(S(=O)[O-])cc1.c1ccccc1. The van der Waals surface area contributed by atoms with Crippen molar-refractivity contribution in [3.05, 3.63) is 131 Å². The fraction of sp³-hybridized carbons (Fsp3) is 0.0323. The molecular weight excluding hydrogens is 478 g/mol. The third-order valence-electron chi connectivity index (χ3n) is 6.18. The van der Waals surface area contributed by atoms with Crippen molar-refractivity contribution >= 4 is 45.0 Å². The molecule has 0 saturated carbocycles. The number of benzene rings is 4. The van der Waals surface area contributed by atoms with E-state index in [1.807, 2.05) is 48.5 Å². The van der Waals surface area contributed by atoms with Crippen molar-refractivity contribution in [2.45, 2.75) is 4.90 Å². The standard InChI is InChI=1S/C18H12N2.C7H5NO2S.C6H6/c1-20-16-9-5-3-6-11(16)13-10-15-17(18(13)20)12-7-2-4-8-14(12)19-15;8-5-6-1-3-7(4-2-6)11(9)10;1-2-4-6-5-3-1/h2-10H,1H3;1-4H,(H,9,10);1-6H/p-1. The summed E-state index contributed by atoms with van der Waals surface area (Å²) in [4.78, 5) is 4.96. The van der Waals surface area contributed by atoms with Crippen LogP contribution in [0.2, 0.25) is 0 Å². The highest BCUT2D eigenvalue weighted by Crippen LogP contribution is 2.34. The van der Waals surface area contributed by atoms with Crippen molar-refractivity contribution in [2.24, 2.45) is 12.0 Å². The molecule has 1 atom stereocenters. The van der Waals surface area contributed by atoms with Gasteiger partial charge in [0, 0.05) is 39.2 Å². The first kappa shape index (κ1) is 24.1. The van der Waals surface area contributed by atoms with Crippen molar-refractivity contribution in [3.8, 4) is 6.07 Å². The first-order valence-corrected chi connectivity index (χ1v) is 12.7. The minimum atomic E-state index is -2.20. The Kier molecular flexibility index (Phi) is 6.91. The number of aromatic nitrogens is 1. The Morgan fingerprint density at radius 2 is 1.46 bits per heavy atom. The summed E-state index contributed by atoms with van der Waals surface area (Å²) < 4.78 is 22.9. The predicted molar refractivity (Wildman–Crippen MR) is 147 cm³/mol. The Morgan fingerprint density at radius 1 is 0.838 bits per heavy atom. The summed E-state index contributed by atoms with van der Waals surface area (Å²) in [5.41, 5.74) is 6.48. The van der Waals surface area contributed by atoms with E-state index in [9.17, 15) is 8.76 Å². The van der Waals surface area contributed by atoms with Crippen LogP contribution in [0.15, 0.2) is 119 Å². The van der Waals surface area contributed by atoms with Crippen molar-refractivity contribution in [1.82, 2.24) is 4.57 Å². The molecule has 7 rings (SSSR count). The van der Waals surface area contributed by atoms with Gasteiger partial charge in [-0.3, -0.25) is 4.21 Å². The van der Waals surface area contributed by atoms with Crippen LogP contribution in [0.5, 0.6) is 0 Å². The maximum absolute atomic E-state index is 10.3. The van der Waals surface area contributed by atoms with Gasteiger partial charge in [-0.2, -0.15) is 5.26 Å². The molecular formula is C31H22N3O2S-. The summed E-state index contributed by atoms with van der Waals surface area (Å²) in [6.07, 6.45) is 2.23. The molecule has 0 saturated heterocycles. The molecule has 5 aromatic rings. The van der Waals surface area contributed by atoms with Crippen LogP contribution in [-0.2, 0) is 18.1 Å². The van der Waals surface area contributed by atoms with Crippen molar-refractivity contribution in [3.63, 3.8) is 0 Å². The molecule has 1 unspecified atom stereocenters. The molecule has 5 nitrogen and oxygen atoms in total. The first-order valence-electron chi connectivity index (χ1n) is 11.7. The minimum absolute atomic E-state index is 0.198. The molecule has 0 spiro atoms. The van der Waals surface area contributed by atoms with Crippen molar-refractivity contribution in [1.29, 1.82) is 5.26 Å². The van der Waals surface area contributed by atoms with Gasteiger partial charge in [0.1, 0.15) is 0 Å². The average molecular weight is 501 g/mol. The van der Waals surface area contributed by atoms with E-state index in [4.69, 9.17) is 10.3 Å². The molecule has 0 bridgehead atoms. The van der Waals surface area contributed by atoms with Crippen LogP contribution in [0.4, 0.5) is 5.69 Å². The average Bonchev–Trinajstić information content (AvgIpc) is 3.58. The van der Waals surface area contributed by atoms with Crippen LogP contribution in [0.3, 0.4) is 0 Å². The number of aliphatic imine (C=N–C) groups is 1. The molecule has 1 aliphatic carbocycles. The molecule has 2 aliphatic rings. The Labute approximate surface area is 217 Å². The van der Waals surface area contributed by atoms with Gasteiger partial charge in [-0.05, 0) is 53.6 Å². The maximum atomic E-state index is 10.3. The predicted octanol–water partition coefficient (Wildman–Crippen LogP) is 4.74. The van der Waals surface area contributed by atoms with Gasteiger partial charge in [0.2, 0.25) is 0 Å². The lowest BCUT2D eigenvalue weighted by Gasteiger charge is -2.02. The summed E-state index contributed by atoms with van der Waals surface area (Å²) in [5.74, 6) is 0. The second-order valence-electron chi connectivity index (χ2n) is 8.40. The fourth-order valence-corrected chi connectivity index (χ4v) is 4.85. The second kappa shape index (κ2) is 10.6. The summed E-state index contributed by atoms with van der Waals surface area (Å²) in [5, 5.41) is 12.3. The molecule has 37 heavy (non-hydrogen) atoms. The van der Waals surface area contributed by atoms with Gasteiger partial charge in [0.25, 0.3) is 0 Å². The number of nitriles is 1. The highest BCUT2D eigenvalue weighted by molar-refractivity contribution is 7.79. The number of para-hydroxylation sites is 2. The Morgan fingerprint density at radius 3 is 2.11 bits per heavy atom. The molecule has 0 amide bonds. The summed E-state index contributed by atoms with van der Waals surface area (Å²) in [6.45, 7) is 0. The van der Waals surface area contributed by atoms with Crippen molar-refractivity contribution < 1.29 is 8.76 Å². The second-order valence-corrected chi connectivity index (χ2v) is 9.34. The third-order valence-corrected chi connectivity index (χ3v) is 6.83. The zero-order valence-electron chi connectivity index (χ0n) is 20.0. The number of fused-ring (bicyclic) bond motifs is 6. The van der Waals surface area contributed by atoms with Gasteiger partial charge < -0.3 is 9.12 Å². The zero-order chi connectivity index (χ0) is 25.8. The largest absolute Gasteiger partial charge is 0.768 e. The van der Waals surface area contributed by atoms with E-state index in [2.05, 4.69) is 60.2 Å². The molecule has 1 aromatic heterocycles. The van der Waals surface area contributed by atoms with E-state index >= 15 is 0 Å². The van der Waals surface area contributed by atoms with Crippen LogP contribution < -0.4 is 10.6 Å². The van der Waals surface area contributed by atoms with E-state index in [0.29, 0.717) is 5.56 Å². The van der Waals surface area contributed by atoms with Crippen LogP contribution in [-0.4, -0.2) is 19.0 Å². The topological polar surface area (TPSA) is 81.2 Å². The Bertz CT molecular complexity index is 1790. The first-order chi connectivity index (χ1) is 18.1. The van der Waals surface area contributed by atoms with Crippen LogP contribution in [0.1, 0.15) is 11.1 Å². The summed E-state index contributed by atoms with van der Waals surface area (Å²) in [7, 11) is 2.14. The van der Waals surface area contributed by atoms with Gasteiger partial charge in [-0.1, -0.05) is 72.8 Å². The highest BCUT2D eigenvalue weighted by Gasteiger charge is 2.26. The number of aryl methyl sites for hydroxylation is 1. The van der Waals surface area contributed by atoms with E-state index in [1.54, 1.807) is 0 Å². The smallest absolute Gasteiger partial charge is 0.0991 e. The monoisotopic (exact) mass is 500 g/mol. The van der Waals surface area contributed by atoms with Crippen LogP contribution in [0, 0.1) is 11.3 Å². The van der Waals surface area contributed by atoms with Crippen LogP contribution in [0.25, 0.3) is 22.6 Å². The highest BCUT2D eigenvalue weighted by atomic mass is 32.2. The van der Waals surface area contributed by atoms with Gasteiger partial charge in [0.15, 0.2) is 0 Å². The molecule has 2 heterocycles. The van der Waals surface area contributed by atoms with E-state index < -0.39 is 11.1 Å². The molecule has 4 aromatic carbocycles. The van der Waals surface area contributed by atoms with Gasteiger partial charge >= 0.3 is 0 Å². The van der Waals surface area contributed by atoms with Crippen LogP contribution >= 0.6 is 0 Å². The number of rotatable bonds is 1. The van der Waals surface area contributed by atoms with Crippen molar-refractivity contribution in [2.75, 3.05) is 0 Å². The van der Waals surface area contributed by atoms with Gasteiger partial charge in [0.05, 0.1) is 28.4 Å². The molecule has 1 aliphatic heterocycles. The third kappa shape index (κ3) is 4.78. The van der Waals surface area contributed by atoms with Gasteiger partial charge in [-0.25, -0.2) is 4.99 Å². The minimum Gasteiger partial charge on any atom is -0.768 e. The molecule has 0 fully saturated rings. The number of nitrogens with zero attached hydrogens (tertiary/aromatic N) is 3. The van der Waals surface area contributed by atoms with E-state index in [-0.39, 0.29) is 4.90 Å². The summed E-state index contributed by atoms with van der Waals surface area (Å²) >= 11 is -2.20.